The zero-order valence-corrected chi connectivity index (χ0v) is 7.79. The van der Waals surface area contributed by atoms with Gasteiger partial charge in [0, 0.05) is 19.9 Å². The first-order valence-electron chi connectivity index (χ1n) is 4.23. The van der Waals surface area contributed by atoms with Crippen molar-refractivity contribution in [2.75, 3.05) is 25.2 Å². The van der Waals surface area contributed by atoms with Gasteiger partial charge in [0.15, 0.2) is 0 Å². The first-order chi connectivity index (χ1) is 6.25. The van der Waals surface area contributed by atoms with Crippen LogP contribution < -0.4 is 11.5 Å². The number of aryl methyl sites for hydroxylation is 1. The molecule has 0 aliphatic heterocycles. The highest BCUT2D eigenvalue weighted by molar-refractivity contribution is 5.62. The minimum absolute atomic E-state index is 0.412. The summed E-state index contributed by atoms with van der Waals surface area (Å²) in [5, 5.41) is 0. The van der Waals surface area contributed by atoms with Gasteiger partial charge in [0.2, 0.25) is 0 Å². The van der Waals surface area contributed by atoms with Crippen LogP contribution in [-0.2, 0) is 11.2 Å². The second-order valence-electron chi connectivity index (χ2n) is 2.87. The van der Waals surface area contributed by atoms with Crippen molar-refractivity contribution in [2.45, 2.75) is 12.8 Å². The summed E-state index contributed by atoms with van der Waals surface area (Å²) in [6.07, 6.45) is 3.50. The van der Waals surface area contributed by atoms with Crippen molar-refractivity contribution in [3.8, 4) is 0 Å². The Hall–Kier alpha value is -1.29. The van der Waals surface area contributed by atoms with Crippen LogP contribution >= 0.6 is 0 Å². The van der Waals surface area contributed by atoms with Crippen LogP contribution in [0, 0.1) is 0 Å². The van der Waals surface area contributed by atoms with Crippen LogP contribution in [0.1, 0.15) is 12.0 Å². The lowest BCUT2D eigenvalue weighted by atomic mass is 10.1. The highest BCUT2D eigenvalue weighted by atomic mass is 16.5. The fraction of sp³-hybridized carbons (Fsp3) is 0.444. The number of aromatic nitrogens is 1. The Morgan fingerprint density at radius 1 is 1.46 bits per heavy atom. The van der Waals surface area contributed by atoms with Gasteiger partial charge in [-0.15, -0.1) is 0 Å². The molecule has 13 heavy (non-hydrogen) atoms. The normalized spacial score (nSPS) is 10.2. The van der Waals surface area contributed by atoms with Crippen molar-refractivity contribution in [2.24, 2.45) is 0 Å². The number of hydrogen-bond donors (Lipinski definition) is 2. The van der Waals surface area contributed by atoms with Gasteiger partial charge in [-0.25, -0.2) is 4.98 Å². The molecular weight excluding hydrogens is 166 g/mol. The van der Waals surface area contributed by atoms with E-state index in [0.717, 1.165) is 25.0 Å². The molecule has 0 aromatic carbocycles. The number of pyridine rings is 1. The van der Waals surface area contributed by atoms with Crippen molar-refractivity contribution >= 4 is 11.5 Å². The lowest BCUT2D eigenvalue weighted by molar-refractivity contribution is 0.195. The van der Waals surface area contributed by atoms with Crippen LogP contribution in [0.25, 0.3) is 0 Å². The Morgan fingerprint density at radius 2 is 2.23 bits per heavy atom. The number of anilines is 2. The van der Waals surface area contributed by atoms with Gasteiger partial charge >= 0.3 is 0 Å². The number of rotatable bonds is 4. The molecule has 0 unspecified atom stereocenters. The number of ether oxygens (including phenoxy) is 1. The van der Waals surface area contributed by atoms with E-state index in [4.69, 9.17) is 16.2 Å². The van der Waals surface area contributed by atoms with Gasteiger partial charge in [-0.1, -0.05) is 0 Å². The van der Waals surface area contributed by atoms with E-state index in [-0.39, 0.29) is 0 Å². The van der Waals surface area contributed by atoms with Crippen LogP contribution in [0.4, 0.5) is 11.5 Å². The molecule has 0 amide bonds. The molecule has 1 rings (SSSR count). The second kappa shape index (κ2) is 4.67. The highest BCUT2D eigenvalue weighted by Crippen LogP contribution is 2.17. The number of nitrogen functional groups attached to an aromatic ring is 2. The number of nitrogens with two attached hydrogens (primary N) is 2. The quantitative estimate of drug-likeness (QED) is 0.674. The van der Waals surface area contributed by atoms with Gasteiger partial charge in [-0.2, -0.15) is 0 Å². The molecular formula is C9H15N3O. The maximum absolute atomic E-state index is 5.74. The number of methoxy groups -OCH3 is 1. The van der Waals surface area contributed by atoms with Crippen LogP contribution in [0.15, 0.2) is 12.3 Å². The Bertz CT molecular complexity index is 276. The predicted molar refractivity (Wildman–Crippen MR) is 53.3 cm³/mol. The summed E-state index contributed by atoms with van der Waals surface area (Å²) in [5.41, 5.74) is 12.9. The highest BCUT2D eigenvalue weighted by Gasteiger charge is 2.02. The third-order valence-corrected chi connectivity index (χ3v) is 1.91. The van der Waals surface area contributed by atoms with E-state index in [2.05, 4.69) is 4.98 Å². The molecule has 0 aliphatic rings. The molecule has 0 saturated carbocycles. The topological polar surface area (TPSA) is 74.2 Å². The van der Waals surface area contributed by atoms with Crippen LogP contribution in [0.2, 0.25) is 0 Å². The molecule has 0 saturated heterocycles. The summed E-state index contributed by atoms with van der Waals surface area (Å²) in [5.74, 6) is 0.412. The minimum Gasteiger partial charge on any atom is -0.396 e. The Kier molecular flexibility index (Phi) is 3.52. The zero-order chi connectivity index (χ0) is 9.68. The lowest BCUT2D eigenvalue weighted by Gasteiger charge is -2.06. The molecule has 0 atom stereocenters. The molecule has 4 N–H and O–H groups in total. The third-order valence-electron chi connectivity index (χ3n) is 1.91. The molecule has 0 bridgehead atoms. The number of nitrogens with zero attached hydrogens (tertiary/aromatic N) is 1. The van der Waals surface area contributed by atoms with Gasteiger partial charge in [0.05, 0.1) is 5.69 Å². The largest absolute Gasteiger partial charge is 0.396 e. The predicted octanol–water partition coefficient (Wildman–Crippen LogP) is 0.825. The second-order valence-corrected chi connectivity index (χ2v) is 2.87. The molecule has 1 aromatic rings. The monoisotopic (exact) mass is 181 g/mol. The average Bonchev–Trinajstić information content (AvgIpc) is 2.13. The molecule has 0 radical (unpaired) electrons. The van der Waals surface area contributed by atoms with E-state index in [1.807, 2.05) is 6.07 Å². The van der Waals surface area contributed by atoms with E-state index in [1.54, 1.807) is 13.3 Å². The van der Waals surface area contributed by atoms with Gasteiger partial charge in [0.1, 0.15) is 5.82 Å². The minimum atomic E-state index is 0.412. The molecule has 4 nitrogen and oxygen atoms in total. The number of hydrogen-bond acceptors (Lipinski definition) is 4. The maximum Gasteiger partial charge on any atom is 0.146 e. The van der Waals surface area contributed by atoms with Crippen molar-refractivity contribution in [1.82, 2.24) is 4.98 Å². The third kappa shape index (κ3) is 2.59. The molecule has 4 heteroatoms. The van der Waals surface area contributed by atoms with Crippen LogP contribution in [-0.4, -0.2) is 18.7 Å². The summed E-state index contributed by atoms with van der Waals surface area (Å²) in [7, 11) is 1.68. The summed E-state index contributed by atoms with van der Waals surface area (Å²) >= 11 is 0. The Morgan fingerprint density at radius 3 is 2.92 bits per heavy atom. The first kappa shape index (κ1) is 9.80. The molecule has 1 aromatic heterocycles. The van der Waals surface area contributed by atoms with Crippen molar-refractivity contribution in [3.63, 3.8) is 0 Å². The van der Waals surface area contributed by atoms with Gasteiger partial charge in [-0.3, -0.25) is 0 Å². The van der Waals surface area contributed by atoms with Gasteiger partial charge in [0.25, 0.3) is 0 Å². The lowest BCUT2D eigenvalue weighted by Crippen LogP contribution is -2.03. The summed E-state index contributed by atoms with van der Waals surface area (Å²) in [6, 6.07) is 1.89. The van der Waals surface area contributed by atoms with E-state index >= 15 is 0 Å². The molecule has 0 spiro atoms. The zero-order valence-electron chi connectivity index (χ0n) is 7.79. The molecule has 0 aliphatic carbocycles. The standard InChI is InChI=1S/C9H15N3O/c1-13-6-2-3-7-4-5-12-9(11)8(7)10/h4-5H,2-3,6,10H2,1H3,(H2,11,12). The maximum atomic E-state index is 5.74. The average molecular weight is 181 g/mol. The summed E-state index contributed by atoms with van der Waals surface area (Å²) in [6.45, 7) is 0.738. The Balaban J connectivity index is 2.61. The van der Waals surface area contributed by atoms with Crippen LogP contribution in [0.3, 0.4) is 0 Å². The molecule has 0 fully saturated rings. The molecule has 1 heterocycles. The van der Waals surface area contributed by atoms with Gasteiger partial charge < -0.3 is 16.2 Å². The van der Waals surface area contributed by atoms with Crippen molar-refractivity contribution < 1.29 is 4.74 Å². The Labute approximate surface area is 77.9 Å². The fourth-order valence-corrected chi connectivity index (χ4v) is 1.16. The van der Waals surface area contributed by atoms with E-state index in [9.17, 15) is 0 Å². The summed E-state index contributed by atoms with van der Waals surface area (Å²) < 4.78 is 4.95. The van der Waals surface area contributed by atoms with E-state index < -0.39 is 0 Å². The fourth-order valence-electron chi connectivity index (χ4n) is 1.16. The summed E-state index contributed by atoms with van der Waals surface area (Å²) in [4.78, 5) is 3.89. The van der Waals surface area contributed by atoms with Crippen molar-refractivity contribution in [3.05, 3.63) is 17.8 Å². The SMILES string of the molecule is COCCCc1ccnc(N)c1N. The van der Waals surface area contributed by atoms with E-state index in [1.165, 1.54) is 0 Å². The van der Waals surface area contributed by atoms with E-state index in [0.29, 0.717) is 11.5 Å². The smallest absolute Gasteiger partial charge is 0.146 e. The molecule has 72 valence electrons. The van der Waals surface area contributed by atoms with Crippen molar-refractivity contribution in [1.29, 1.82) is 0 Å². The van der Waals surface area contributed by atoms with Gasteiger partial charge in [-0.05, 0) is 24.5 Å². The van der Waals surface area contributed by atoms with Crippen LogP contribution in [0.5, 0.6) is 0 Å². The first-order valence-corrected chi connectivity index (χ1v) is 4.23.